The molecule has 0 aliphatic rings. The zero-order valence-electron chi connectivity index (χ0n) is 17.4. The number of anilines is 1. The minimum atomic E-state index is -0.375. The standard InChI is InChI=1S/C22H28N4O2/c1-15-10-11-18-23-19(16-8-7-9-17(12-16)26(27)28)20(25(18)13-15)24-22(5,6)14-21(2,3)4/h7-13,24H,14H2,1-6H3. The number of nitrogens with zero attached hydrogens (tertiary/aromatic N) is 3. The van der Waals surface area contributed by atoms with Crippen molar-refractivity contribution in [2.24, 2.45) is 5.41 Å². The number of rotatable bonds is 5. The quantitative estimate of drug-likeness (QED) is 0.445. The van der Waals surface area contributed by atoms with Crippen molar-refractivity contribution in [1.82, 2.24) is 9.38 Å². The van der Waals surface area contributed by atoms with E-state index < -0.39 is 0 Å². The molecule has 2 aromatic heterocycles. The van der Waals surface area contributed by atoms with Crippen molar-refractivity contribution in [3.8, 4) is 11.3 Å². The summed E-state index contributed by atoms with van der Waals surface area (Å²) < 4.78 is 2.04. The number of nitrogens with one attached hydrogen (secondary N) is 1. The maximum absolute atomic E-state index is 11.2. The van der Waals surface area contributed by atoms with Gasteiger partial charge in [0.05, 0.1) is 4.92 Å². The number of nitro groups is 1. The largest absolute Gasteiger partial charge is 0.364 e. The van der Waals surface area contributed by atoms with Gasteiger partial charge < -0.3 is 5.32 Å². The van der Waals surface area contributed by atoms with Gasteiger partial charge in [-0.2, -0.15) is 0 Å². The lowest BCUT2D eigenvalue weighted by atomic mass is 9.82. The molecule has 2 heterocycles. The third kappa shape index (κ3) is 4.32. The molecule has 0 saturated heterocycles. The van der Waals surface area contributed by atoms with Crippen LogP contribution in [0.4, 0.5) is 11.5 Å². The molecule has 0 amide bonds. The molecule has 1 aromatic carbocycles. The van der Waals surface area contributed by atoms with E-state index in [1.165, 1.54) is 6.07 Å². The van der Waals surface area contributed by atoms with Gasteiger partial charge in [-0.25, -0.2) is 4.98 Å². The fourth-order valence-electron chi connectivity index (χ4n) is 3.93. The number of pyridine rings is 1. The Kier molecular flexibility index (Phi) is 4.91. The Bertz CT molecular complexity index is 1030. The highest BCUT2D eigenvalue weighted by Gasteiger charge is 2.28. The Balaban J connectivity index is 2.17. The highest BCUT2D eigenvalue weighted by Crippen LogP contribution is 2.35. The summed E-state index contributed by atoms with van der Waals surface area (Å²) >= 11 is 0. The number of fused-ring (bicyclic) bond motifs is 1. The fourth-order valence-corrected chi connectivity index (χ4v) is 3.93. The van der Waals surface area contributed by atoms with Gasteiger partial charge in [0, 0.05) is 29.4 Å². The van der Waals surface area contributed by atoms with Gasteiger partial charge in [0.1, 0.15) is 17.2 Å². The van der Waals surface area contributed by atoms with Gasteiger partial charge in [-0.05, 0) is 44.2 Å². The summed E-state index contributed by atoms with van der Waals surface area (Å²) in [6.45, 7) is 13.0. The Morgan fingerprint density at radius 2 is 1.86 bits per heavy atom. The molecule has 6 nitrogen and oxygen atoms in total. The molecule has 0 unspecified atom stereocenters. The van der Waals surface area contributed by atoms with Crippen molar-refractivity contribution < 1.29 is 4.92 Å². The predicted octanol–water partition coefficient (Wildman–Crippen LogP) is 5.84. The summed E-state index contributed by atoms with van der Waals surface area (Å²) in [7, 11) is 0. The van der Waals surface area contributed by atoms with E-state index in [0.717, 1.165) is 34.7 Å². The Hall–Kier alpha value is -2.89. The Labute approximate surface area is 165 Å². The summed E-state index contributed by atoms with van der Waals surface area (Å²) in [6.07, 6.45) is 2.99. The molecular formula is C22H28N4O2. The van der Waals surface area contributed by atoms with Crippen LogP contribution in [0.5, 0.6) is 0 Å². The second-order valence-corrected chi connectivity index (χ2v) is 9.30. The number of benzene rings is 1. The highest BCUT2D eigenvalue weighted by molar-refractivity contribution is 5.78. The Morgan fingerprint density at radius 3 is 2.50 bits per heavy atom. The minimum absolute atomic E-state index is 0.0608. The molecule has 6 heteroatoms. The van der Waals surface area contributed by atoms with Crippen LogP contribution in [0.25, 0.3) is 16.9 Å². The molecule has 28 heavy (non-hydrogen) atoms. The predicted molar refractivity (Wildman–Crippen MR) is 114 cm³/mol. The number of nitro benzene ring substituents is 1. The smallest absolute Gasteiger partial charge is 0.270 e. The SMILES string of the molecule is Cc1ccc2nc(-c3cccc([N+](=O)[O-])c3)c(NC(C)(C)CC(C)(C)C)n2c1. The van der Waals surface area contributed by atoms with Crippen LogP contribution in [-0.2, 0) is 0 Å². The first-order valence-corrected chi connectivity index (χ1v) is 9.47. The van der Waals surface area contributed by atoms with Gasteiger partial charge in [0.2, 0.25) is 0 Å². The molecule has 0 bridgehead atoms. The van der Waals surface area contributed by atoms with Crippen LogP contribution in [0.1, 0.15) is 46.6 Å². The van der Waals surface area contributed by atoms with Crippen LogP contribution in [0, 0.1) is 22.5 Å². The molecule has 0 aliphatic carbocycles. The lowest BCUT2D eigenvalue weighted by Gasteiger charge is -2.34. The van der Waals surface area contributed by atoms with E-state index in [4.69, 9.17) is 4.98 Å². The third-order valence-electron chi connectivity index (χ3n) is 4.53. The average molecular weight is 380 g/mol. The van der Waals surface area contributed by atoms with Crippen LogP contribution in [0.2, 0.25) is 0 Å². The van der Waals surface area contributed by atoms with Crippen molar-refractivity contribution in [1.29, 1.82) is 0 Å². The molecule has 0 saturated carbocycles. The molecule has 1 N–H and O–H groups in total. The van der Waals surface area contributed by atoms with Gasteiger partial charge in [-0.1, -0.05) is 39.0 Å². The van der Waals surface area contributed by atoms with E-state index in [2.05, 4.69) is 39.9 Å². The van der Waals surface area contributed by atoms with Crippen molar-refractivity contribution >= 4 is 17.2 Å². The van der Waals surface area contributed by atoms with Crippen molar-refractivity contribution in [2.75, 3.05) is 5.32 Å². The van der Waals surface area contributed by atoms with Gasteiger partial charge in [0.15, 0.2) is 0 Å². The molecular weight excluding hydrogens is 352 g/mol. The molecule has 0 radical (unpaired) electrons. The first kappa shape index (κ1) is 19.9. The normalized spacial score (nSPS) is 12.4. The topological polar surface area (TPSA) is 72.5 Å². The molecule has 148 valence electrons. The Morgan fingerprint density at radius 1 is 1.14 bits per heavy atom. The second kappa shape index (κ2) is 6.93. The molecule has 0 aliphatic heterocycles. The van der Waals surface area contributed by atoms with Crippen LogP contribution in [0.15, 0.2) is 42.6 Å². The monoisotopic (exact) mass is 380 g/mol. The fraction of sp³-hybridized carbons (Fsp3) is 0.409. The lowest BCUT2D eigenvalue weighted by Crippen LogP contribution is -2.36. The summed E-state index contributed by atoms with van der Waals surface area (Å²) in [5.74, 6) is 0.855. The lowest BCUT2D eigenvalue weighted by molar-refractivity contribution is -0.384. The van der Waals surface area contributed by atoms with Gasteiger partial charge in [0.25, 0.3) is 5.69 Å². The van der Waals surface area contributed by atoms with E-state index in [0.29, 0.717) is 0 Å². The molecule has 0 atom stereocenters. The van der Waals surface area contributed by atoms with E-state index >= 15 is 0 Å². The van der Waals surface area contributed by atoms with Crippen molar-refractivity contribution in [3.05, 3.63) is 58.3 Å². The van der Waals surface area contributed by atoms with Gasteiger partial charge in [-0.3, -0.25) is 14.5 Å². The van der Waals surface area contributed by atoms with Crippen LogP contribution in [-0.4, -0.2) is 19.8 Å². The van der Waals surface area contributed by atoms with Crippen LogP contribution >= 0.6 is 0 Å². The first-order valence-electron chi connectivity index (χ1n) is 9.47. The maximum Gasteiger partial charge on any atom is 0.270 e. The zero-order chi connectivity index (χ0) is 20.7. The average Bonchev–Trinajstić information content (AvgIpc) is 2.90. The molecule has 0 fully saturated rings. The summed E-state index contributed by atoms with van der Waals surface area (Å²) in [4.78, 5) is 15.6. The number of aromatic nitrogens is 2. The third-order valence-corrected chi connectivity index (χ3v) is 4.53. The van der Waals surface area contributed by atoms with Crippen LogP contribution < -0.4 is 5.32 Å². The molecule has 3 rings (SSSR count). The number of aryl methyl sites for hydroxylation is 1. The van der Waals surface area contributed by atoms with Gasteiger partial charge >= 0.3 is 0 Å². The highest BCUT2D eigenvalue weighted by atomic mass is 16.6. The molecule has 3 aromatic rings. The summed E-state index contributed by atoms with van der Waals surface area (Å²) in [6, 6.07) is 10.6. The number of non-ortho nitro benzene ring substituents is 1. The minimum Gasteiger partial charge on any atom is -0.364 e. The second-order valence-electron chi connectivity index (χ2n) is 9.30. The van der Waals surface area contributed by atoms with Crippen molar-refractivity contribution in [3.63, 3.8) is 0 Å². The van der Waals surface area contributed by atoms with E-state index in [1.807, 2.05) is 35.7 Å². The van der Waals surface area contributed by atoms with E-state index in [-0.39, 0.29) is 21.6 Å². The van der Waals surface area contributed by atoms with Gasteiger partial charge in [-0.15, -0.1) is 0 Å². The number of imidazole rings is 1. The zero-order valence-corrected chi connectivity index (χ0v) is 17.4. The van der Waals surface area contributed by atoms with E-state index in [1.54, 1.807) is 12.1 Å². The van der Waals surface area contributed by atoms with Crippen LogP contribution in [0.3, 0.4) is 0 Å². The van der Waals surface area contributed by atoms with Crippen molar-refractivity contribution in [2.45, 2.75) is 53.5 Å². The summed E-state index contributed by atoms with van der Waals surface area (Å²) in [5, 5.41) is 14.9. The molecule has 0 spiro atoms. The number of hydrogen-bond donors (Lipinski definition) is 1. The first-order chi connectivity index (χ1) is 13.0. The number of hydrogen-bond acceptors (Lipinski definition) is 4. The summed E-state index contributed by atoms with van der Waals surface area (Å²) in [5.41, 5.74) is 3.39. The maximum atomic E-state index is 11.2. The van der Waals surface area contributed by atoms with E-state index in [9.17, 15) is 10.1 Å².